The molecule has 0 radical (unpaired) electrons. The molecule has 1 aliphatic rings. The number of carbonyl (C=O) groups excluding carboxylic acids is 1. The van der Waals surface area contributed by atoms with E-state index in [0.29, 0.717) is 54.9 Å². The zero-order chi connectivity index (χ0) is 31.1. The van der Waals surface area contributed by atoms with Gasteiger partial charge in [-0.15, -0.1) is 5.10 Å². The van der Waals surface area contributed by atoms with Crippen molar-refractivity contribution >= 4 is 11.7 Å². The van der Waals surface area contributed by atoms with Crippen molar-refractivity contribution in [2.45, 2.75) is 39.7 Å². The molecule has 2 aromatic heterocycles. The Labute approximate surface area is 257 Å². The van der Waals surface area contributed by atoms with E-state index in [1.807, 2.05) is 4.90 Å². The van der Waals surface area contributed by atoms with Gasteiger partial charge in [0, 0.05) is 49.1 Å². The van der Waals surface area contributed by atoms with Crippen LogP contribution in [0.1, 0.15) is 32.4 Å². The van der Waals surface area contributed by atoms with Crippen LogP contribution in [0.3, 0.4) is 0 Å². The van der Waals surface area contributed by atoms with Crippen molar-refractivity contribution in [2.75, 3.05) is 51.2 Å². The lowest BCUT2D eigenvalue weighted by Gasteiger charge is -2.35. The Morgan fingerprint density at radius 3 is 2.25 bits per heavy atom. The van der Waals surface area contributed by atoms with E-state index in [-0.39, 0.29) is 24.1 Å². The molecule has 2 aromatic carbocycles. The number of rotatable bonds is 12. The summed E-state index contributed by atoms with van der Waals surface area (Å²) in [6.45, 7) is 9.04. The van der Waals surface area contributed by atoms with Crippen molar-refractivity contribution < 1.29 is 13.6 Å². The van der Waals surface area contributed by atoms with Gasteiger partial charge in [-0.05, 0) is 93.8 Å². The summed E-state index contributed by atoms with van der Waals surface area (Å²) in [7, 11) is 2.17. The predicted octanol–water partition coefficient (Wildman–Crippen LogP) is 4.94. The largest absolute Gasteiger partial charge is 0.353 e. The highest BCUT2D eigenvalue weighted by atomic mass is 19.1. The number of halogens is 2. The van der Waals surface area contributed by atoms with Gasteiger partial charge in [0.1, 0.15) is 30.3 Å². The average molecular weight is 603 g/mol. The molecule has 1 amide bonds. The van der Waals surface area contributed by atoms with Gasteiger partial charge in [-0.25, -0.2) is 28.4 Å². The van der Waals surface area contributed by atoms with E-state index in [4.69, 9.17) is 0 Å². The number of hydrogen-bond acceptors (Lipinski definition) is 7. The van der Waals surface area contributed by atoms with Gasteiger partial charge in [0.05, 0.1) is 0 Å². The fourth-order valence-corrected chi connectivity index (χ4v) is 5.46. The first-order chi connectivity index (χ1) is 21.3. The fourth-order valence-electron chi connectivity index (χ4n) is 5.46. The van der Waals surface area contributed by atoms with Crippen molar-refractivity contribution in [3.8, 4) is 22.8 Å². The molecule has 3 heterocycles. The van der Waals surface area contributed by atoms with Gasteiger partial charge in [-0.3, -0.25) is 4.79 Å². The number of amides is 1. The molecule has 44 heavy (non-hydrogen) atoms. The maximum Gasteiger partial charge on any atom is 0.244 e. The second-order valence-corrected chi connectivity index (χ2v) is 11.6. The third-order valence-corrected chi connectivity index (χ3v) is 7.99. The van der Waals surface area contributed by atoms with E-state index in [1.165, 1.54) is 24.3 Å². The molecule has 1 fully saturated rings. The summed E-state index contributed by atoms with van der Waals surface area (Å²) in [4.78, 5) is 33.5. The Bertz CT molecular complexity index is 1520. The molecule has 1 atom stereocenters. The van der Waals surface area contributed by atoms with E-state index < -0.39 is 0 Å². The number of aromatic nitrogens is 5. The van der Waals surface area contributed by atoms with Gasteiger partial charge in [0.2, 0.25) is 5.91 Å². The highest BCUT2D eigenvalue weighted by Crippen LogP contribution is 2.24. The second kappa shape index (κ2) is 14.5. The van der Waals surface area contributed by atoms with E-state index in [2.05, 4.69) is 56.8 Å². The van der Waals surface area contributed by atoms with Crippen LogP contribution < -0.4 is 4.90 Å². The molecule has 1 aliphatic heterocycles. The lowest BCUT2D eigenvalue weighted by molar-refractivity contribution is -0.132. The molecular weight excluding hydrogens is 562 g/mol. The number of nitrogens with zero attached hydrogens (tertiary/aromatic N) is 8. The quantitative estimate of drug-likeness (QED) is 0.227. The van der Waals surface area contributed by atoms with Gasteiger partial charge in [-0.2, -0.15) is 0 Å². The molecule has 0 bridgehead atoms. The van der Waals surface area contributed by atoms with Gasteiger partial charge in [-0.1, -0.05) is 13.8 Å². The van der Waals surface area contributed by atoms with E-state index in [0.717, 1.165) is 43.9 Å². The lowest BCUT2D eigenvalue weighted by atomic mass is 10.0. The van der Waals surface area contributed by atoms with Crippen molar-refractivity contribution in [3.05, 3.63) is 78.3 Å². The minimum Gasteiger partial charge on any atom is -0.353 e. The predicted molar refractivity (Wildman–Crippen MR) is 167 cm³/mol. The summed E-state index contributed by atoms with van der Waals surface area (Å²) in [6.07, 6.45) is 4.83. The number of piperazine rings is 1. The molecule has 1 unspecified atom stereocenters. The number of anilines is 1. The molecule has 0 aliphatic carbocycles. The summed E-state index contributed by atoms with van der Waals surface area (Å²) < 4.78 is 28.7. The highest BCUT2D eigenvalue weighted by molar-refractivity contribution is 5.77. The second-order valence-electron chi connectivity index (χ2n) is 11.6. The van der Waals surface area contributed by atoms with Crippen molar-refractivity contribution in [3.63, 3.8) is 0 Å². The van der Waals surface area contributed by atoms with Crippen LogP contribution in [0.2, 0.25) is 0 Å². The smallest absolute Gasteiger partial charge is 0.244 e. The molecular formula is C33H40F2N8O. The first-order valence-corrected chi connectivity index (χ1v) is 15.3. The number of benzene rings is 2. The molecule has 0 N–H and O–H groups in total. The first kappa shape index (κ1) is 31.2. The monoisotopic (exact) mass is 602 g/mol. The average Bonchev–Trinajstić information content (AvgIpc) is 3.44. The van der Waals surface area contributed by atoms with Crippen molar-refractivity contribution in [1.82, 2.24) is 34.5 Å². The van der Waals surface area contributed by atoms with Crippen LogP contribution in [0.15, 0.2) is 60.9 Å². The van der Waals surface area contributed by atoms with Crippen LogP contribution in [0.25, 0.3) is 22.8 Å². The summed E-state index contributed by atoms with van der Waals surface area (Å²) >= 11 is 0. The summed E-state index contributed by atoms with van der Waals surface area (Å²) in [5, 5.41) is 4.58. The summed E-state index contributed by atoms with van der Waals surface area (Å²) in [5.74, 6) is 1.39. The third-order valence-electron chi connectivity index (χ3n) is 7.99. The Morgan fingerprint density at radius 2 is 1.59 bits per heavy atom. The zero-order valence-electron chi connectivity index (χ0n) is 25.7. The Morgan fingerprint density at radius 1 is 0.932 bits per heavy atom. The lowest BCUT2D eigenvalue weighted by Crippen LogP contribution is -2.50. The van der Waals surface area contributed by atoms with E-state index in [1.54, 1.807) is 35.3 Å². The van der Waals surface area contributed by atoms with E-state index in [9.17, 15) is 13.6 Å². The van der Waals surface area contributed by atoms with Gasteiger partial charge < -0.3 is 14.7 Å². The zero-order valence-corrected chi connectivity index (χ0v) is 25.7. The highest BCUT2D eigenvalue weighted by Gasteiger charge is 2.24. The van der Waals surface area contributed by atoms with Crippen LogP contribution in [0, 0.1) is 17.6 Å². The minimum atomic E-state index is -0.368. The standard InChI is InChI=1S/C33H40F2N8O/c1-4-14-40(3)15-13-24(2)20-29-21-30(37-23-36-29)41-16-18-42(19-17-41)31(44)22-43-33(26-7-11-28(35)12-8-26)38-32(39-43)25-5-9-27(34)10-6-25/h5-12,21,23-24H,4,13-20,22H2,1-3H3. The molecule has 4 aromatic rings. The SMILES string of the molecule is CCCN(C)CCC(C)Cc1cc(N2CCN(C(=O)Cn3nc(-c4ccc(F)cc4)nc3-c3ccc(F)cc3)CC2)ncn1. The number of hydrogen-bond donors (Lipinski definition) is 0. The topological polar surface area (TPSA) is 83.3 Å². The minimum absolute atomic E-state index is 0.0239. The van der Waals surface area contributed by atoms with Crippen LogP contribution in [0.5, 0.6) is 0 Å². The summed E-state index contributed by atoms with van der Waals surface area (Å²) in [5.41, 5.74) is 2.29. The number of carbonyl (C=O) groups is 1. The molecule has 0 saturated carbocycles. The van der Waals surface area contributed by atoms with Gasteiger partial charge in [0.15, 0.2) is 11.6 Å². The van der Waals surface area contributed by atoms with Gasteiger partial charge >= 0.3 is 0 Å². The Kier molecular flexibility index (Phi) is 10.3. The maximum atomic E-state index is 13.6. The van der Waals surface area contributed by atoms with Crippen molar-refractivity contribution in [2.24, 2.45) is 5.92 Å². The molecule has 9 nitrogen and oxygen atoms in total. The molecule has 0 spiro atoms. The Hall–Kier alpha value is -4.25. The van der Waals surface area contributed by atoms with E-state index >= 15 is 0 Å². The van der Waals surface area contributed by atoms with Crippen LogP contribution in [-0.4, -0.2) is 86.8 Å². The summed E-state index contributed by atoms with van der Waals surface area (Å²) in [6, 6.07) is 13.8. The Balaban J connectivity index is 1.21. The van der Waals surface area contributed by atoms with Crippen LogP contribution in [0.4, 0.5) is 14.6 Å². The van der Waals surface area contributed by atoms with Crippen LogP contribution in [-0.2, 0) is 17.8 Å². The molecule has 232 valence electrons. The maximum absolute atomic E-state index is 13.6. The molecule has 5 rings (SSSR count). The molecule has 11 heteroatoms. The van der Waals surface area contributed by atoms with Crippen LogP contribution >= 0.6 is 0 Å². The fraction of sp³-hybridized carbons (Fsp3) is 0.424. The van der Waals surface area contributed by atoms with Crippen molar-refractivity contribution in [1.29, 1.82) is 0 Å². The third kappa shape index (κ3) is 8.02. The van der Waals surface area contributed by atoms with Gasteiger partial charge in [0.25, 0.3) is 0 Å². The molecule has 1 saturated heterocycles. The first-order valence-electron chi connectivity index (χ1n) is 15.3. The normalized spacial score (nSPS) is 14.3.